The monoisotopic (exact) mass is 337 g/mol. The number of fused-ring (bicyclic) bond motifs is 1. The van der Waals surface area contributed by atoms with Crippen LogP contribution in [0.5, 0.6) is 0 Å². The van der Waals surface area contributed by atoms with Gasteiger partial charge in [0.1, 0.15) is 15.8 Å². The average Bonchev–Trinajstić information content (AvgIpc) is 3.06. The number of nitrogens with zero attached hydrogens (tertiary/aromatic N) is 3. The van der Waals surface area contributed by atoms with Crippen LogP contribution in [0.4, 0.5) is 0 Å². The first-order valence-electron chi connectivity index (χ1n) is 6.85. The first-order valence-corrected chi connectivity index (χ1v) is 8.98. The summed E-state index contributed by atoms with van der Waals surface area (Å²) in [6.45, 7) is 3.93. The van der Waals surface area contributed by atoms with Gasteiger partial charge in [-0.05, 0) is 31.5 Å². The predicted molar refractivity (Wildman–Crippen MR) is 92.4 cm³/mol. The molecule has 0 fully saturated rings. The topological polar surface area (TPSA) is 29.0 Å². The molecule has 0 aliphatic heterocycles. The van der Waals surface area contributed by atoms with Crippen molar-refractivity contribution in [3.05, 3.63) is 33.9 Å². The number of rotatable bonds is 5. The minimum atomic E-state index is 0.560. The first kappa shape index (κ1) is 14.9. The van der Waals surface area contributed by atoms with Crippen LogP contribution in [0.25, 0.3) is 20.7 Å². The van der Waals surface area contributed by atoms with E-state index in [1.807, 2.05) is 6.07 Å². The molecule has 3 rings (SSSR count). The van der Waals surface area contributed by atoms with Gasteiger partial charge >= 0.3 is 0 Å². The second-order valence-corrected chi connectivity index (χ2v) is 7.14. The average molecular weight is 338 g/mol. The Morgan fingerprint density at radius 1 is 1.29 bits per heavy atom. The zero-order valence-corrected chi connectivity index (χ0v) is 14.4. The van der Waals surface area contributed by atoms with Crippen LogP contribution in [-0.4, -0.2) is 28.5 Å². The van der Waals surface area contributed by atoms with Gasteiger partial charge in [-0.2, -0.15) is 0 Å². The molecule has 3 aromatic rings. The van der Waals surface area contributed by atoms with Crippen LogP contribution in [0.1, 0.15) is 19.2 Å². The molecule has 0 saturated heterocycles. The largest absolute Gasteiger partial charge is 0.299 e. The Morgan fingerprint density at radius 3 is 2.86 bits per heavy atom. The second-order valence-electron chi connectivity index (χ2n) is 4.98. The van der Waals surface area contributed by atoms with E-state index in [0.717, 1.165) is 41.1 Å². The van der Waals surface area contributed by atoms with E-state index >= 15 is 0 Å². The fourth-order valence-electron chi connectivity index (χ4n) is 2.33. The number of hydrogen-bond donors (Lipinski definition) is 0. The van der Waals surface area contributed by atoms with E-state index in [4.69, 9.17) is 11.6 Å². The predicted octanol–water partition coefficient (Wildman–Crippen LogP) is 4.92. The van der Waals surface area contributed by atoms with E-state index < -0.39 is 0 Å². The van der Waals surface area contributed by atoms with Gasteiger partial charge in [0.05, 0.1) is 11.9 Å². The molecule has 0 aliphatic carbocycles. The van der Waals surface area contributed by atoms with Crippen LogP contribution < -0.4 is 0 Å². The summed E-state index contributed by atoms with van der Waals surface area (Å²) in [4.78, 5) is 13.6. The maximum atomic E-state index is 6.43. The number of hydrogen-bond acceptors (Lipinski definition) is 5. The zero-order chi connectivity index (χ0) is 14.8. The van der Waals surface area contributed by atoms with Crippen molar-refractivity contribution in [2.24, 2.45) is 0 Å². The highest BCUT2D eigenvalue weighted by Crippen LogP contribution is 2.38. The van der Waals surface area contributed by atoms with Gasteiger partial charge < -0.3 is 0 Å². The lowest BCUT2D eigenvalue weighted by Gasteiger charge is -2.14. The molecule has 0 N–H and O–H groups in total. The number of aromatic nitrogens is 2. The second kappa shape index (κ2) is 6.40. The Balaban J connectivity index is 1.99. The molecule has 0 saturated carbocycles. The zero-order valence-electron chi connectivity index (χ0n) is 12.0. The Kier molecular flexibility index (Phi) is 4.54. The fourth-order valence-corrected chi connectivity index (χ4v) is 4.45. The molecule has 110 valence electrons. The first-order chi connectivity index (χ1) is 10.2. The van der Waals surface area contributed by atoms with Gasteiger partial charge in [-0.3, -0.25) is 4.90 Å². The standard InChI is InChI=1S/C15H16ClN3S2/c1-3-6-19(2)8-12-17-14(16)13-10(9-21-15(13)18-12)11-5-4-7-20-11/h4-5,7,9H,3,6,8H2,1-2H3. The maximum absolute atomic E-state index is 6.43. The third-order valence-corrected chi connectivity index (χ3v) is 5.29. The summed E-state index contributed by atoms with van der Waals surface area (Å²) in [6, 6.07) is 4.15. The van der Waals surface area contributed by atoms with Gasteiger partial charge in [-0.25, -0.2) is 9.97 Å². The lowest BCUT2D eigenvalue weighted by molar-refractivity contribution is 0.319. The van der Waals surface area contributed by atoms with Crippen LogP contribution in [0.3, 0.4) is 0 Å². The van der Waals surface area contributed by atoms with Crippen LogP contribution in [-0.2, 0) is 6.54 Å². The quantitative estimate of drug-likeness (QED) is 0.619. The maximum Gasteiger partial charge on any atom is 0.145 e. The minimum Gasteiger partial charge on any atom is -0.299 e. The Morgan fingerprint density at radius 2 is 2.14 bits per heavy atom. The Bertz CT molecular complexity index is 737. The van der Waals surface area contributed by atoms with E-state index in [1.54, 1.807) is 22.7 Å². The molecule has 0 aromatic carbocycles. The van der Waals surface area contributed by atoms with Gasteiger partial charge in [0.2, 0.25) is 0 Å². The van der Waals surface area contributed by atoms with Crippen molar-refractivity contribution in [2.45, 2.75) is 19.9 Å². The summed E-state index contributed by atoms with van der Waals surface area (Å²) in [5, 5.41) is 5.73. The molecular formula is C15H16ClN3S2. The van der Waals surface area contributed by atoms with E-state index in [2.05, 4.69) is 45.7 Å². The van der Waals surface area contributed by atoms with Crippen LogP contribution in [0, 0.1) is 0 Å². The normalized spacial score (nSPS) is 11.6. The van der Waals surface area contributed by atoms with Crippen molar-refractivity contribution in [1.82, 2.24) is 14.9 Å². The highest BCUT2D eigenvalue weighted by molar-refractivity contribution is 7.18. The molecule has 6 heteroatoms. The summed E-state index contributed by atoms with van der Waals surface area (Å²) >= 11 is 9.77. The van der Waals surface area contributed by atoms with Crippen LogP contribution in [0.15, 0.2) is 22.9 Å². The Hall–Kier alpha value is -1.01. The van der Waals surface area contributed by atoms with E-state index in [0.29, 0.717) is 5.15 Å². The van der Waals surface area contributed by atoms with Gasteiger partial charge in [-0.15, -0.1) is 22.7 Å². The highest BCUT2D eigenvalue weighted by atomic mass is 35.5. The summed E-state index contributed by atoms with van der Waals surface area (Å²) < 4.78 is 0. The van der Waals surface area contributed by atoms with Crippen LogP contribution >= 0.6 is 34.3 Å². The molecule has 0 atom stereocenters. The summed E-state index contributed by atoms with van der Waals surface area (Å²) in [6.07, 6.45) is 1.12. The molecule has 3 aromatic heterocycles. The molecule has 0 amide bonds. The molecule has 3 heterocycles. The molecule has 0 aliphatic rings. The smallest absolute Gasteiger partial charge is 0.145 e. The van der Waals surface area contributed by atoms with Crippen molar-refractivity contribution in [3.8, 4) is 10.4 Å². The lowest BCUT2D eigenvalue weighted by atomic mass is 10.2. The highest BCUT2D eigenvalue weighted by Gasteiger charge is 2.15. The lowest BCUT2D eigenvalue weighted by Crippen LogP contribution is -2.20. The molecule has 0 unspecified atom stereocenters. The van der Waals surface area contributed by atoms with Gasteiger partial charge in [0.25, 0.3) is 0 Å². The summed E-state index contributed by atoms with van der Waals surface area (Å²) in [5.41, 5.74) is 1.14. The number of halogens is 1. The fraction of sp³-hybridized carbons (Fsp3) is 0.333. The van der Waals surface area contributed by atoms with Crippen molar-refractivity contribution in [2.75, 3.05) is 13.6 Å². The molecule has 0 bridgehead atoms. The van der Waals surface area contributed by atoms with Crippen molar-refractivity contribution in [1.29, 1.82) is 0 Å². The summed E-state index contributed by atoms with van der Waals surface area (Å²) in [5.74, 6) is 0.794. The number of thiophene rings is 2. The van der Waals surface area contributed by atoms with E-state index in [1.165, 1.54) is 4.88 Å². The molecular weight excluding hydrogens is 322 g/mol. The molecule has 0 radical (unpaired) electrons. The summed E-state index contributed by atoms with van der Waals surface area (Å²) in [7, 11) is 2.08. The molecule has 21 heavy (non-hydrogen) atoms. The van der Waals surface area contributed by atoms with Gasteiger partial charge in [0.15, 0.2) is 0 Å². The third kappa shape index (κ3) is 3.11. The van der Waals surface area contributed by atoms with Crippen molar-refractivity contribution in [3.63, 3.8) is 0 Å². The van der Waals surface area contributed by atoms with Gasteiger partial charge in [-0.1, -0.05) is 24.6 Å². The van der Waals surface area contributed by atoms with Crippen molar-refractivity contribution < 1.29 is 0 Å². The Labute approximate surface area is 137 Å². The SMILES string of the molecule is CCCN(C)Cc1nc(Cl)c2c(-c3cccs3)csc2n1. The molecule has 3 nitrogen and oxygen atoms in total. The molecule has 0 spiro atoms. The minimum absolute atomic E-state index is 0.560. The van der Waals surface area contributed by atoms with E-state index in [9.17, 15) is 0 Å². The van der Waals surface area contributed by atoms with Crippen LogP contribution in [0.2, 0.25) is 5.15 Å². The van der Waals surface area contributed by atoms with E-state index in [-0.39, 0.29) is 0 Å². The van der Waals surface area contributed by atoms with Gasteiger partial charge in [0, 0.05) is 15.8 Å². The third-order valence-electron chi connectivity index (χ3n) is 3.24. The van der Waals surface area contributed by atoms with Crippen molar-refractivity contribution >= 4 is 44.5 Å².